The number of hydrogen-bond acceptors (Lipinski definition) is 0. The predicted molar refractivity (Wildman–Crippen MR) is 123 cm³/mol. The largest absolute Gasteiger partial charge is 1.00 e. The standard InChI is InChI=1S/3C8H18.BrH.Sn/c3*1-3-5-7-8-6-4-2;;/h3*3-8H2,1-2H3;1H;/p-1. The van der Waals surface area contributed by atoms with Crippen molar-refractivity contribution in [3.8, 4) is 0 Å². The molecular weight excluding hydrogens is 487 g/mol. The predicted octanol–water partition coefficient (Wildman–Crippen LogP) is 6.72. The van der Waals surface area contributed by atoms with Gasteiger partial charge in [0.1, 0.15) is 0 Å². The fourth-order valence-corrected chi connectivity index (χ4v) is 2.56. The maximum absolute atomic E-state index is 2.26. The molecule has 0 aromatic rings. The van der Waals surface area contributed by atoms with Gasteiger partial charge in [-0.1, -0.05) is 157 Å². The van der Waals surface area contributed by atoms with Crippen molar-refractivity contribution in [2.24, 2.45) is 0 Å². The molecule has 0 aromatic heterocycles. The molecule has 2 heteroatoms. The second-order valence-electron chi connectivity index (χ2n) is 7.24. The molecular formula is C24H54BrSn-. The molecule has 4 radical (unpaired) electrons. The molecule has 0 rings (SSSR count). The number of unbranched alkanes of at least 4 members (excludes halogenated alkanes) is 15. The van der Waals surface area contributed by atoms with Crippen LogP contribution >= 0.6 is 0 Å². The van der Waals surface area contributed by atoms with Crippen molar-refractivity contribution < 1.29 is 17.0 Å². The van der Waals surface area contributed by atoms with Gasteiger partial charge in [-0.3, -0.25) is 0 Å². The Balaban J connectivity index is -0.0000000817. The van der Waals surface area contributed by atoms with E-state index in [-0.39, 0.29) is 40.9 Å². The van der Waals surface area contributed by atoms with Gasteiger partial charge in [-0.05, 0) is 0 Å². The summed E-state index contributed by atoms with van der Waals surface area (Å²) in [6, 6.07) is 0. The summed E-state index contributed by atoms with van der Waals surface area (Å²) in [5, 5.41) is 0. The maximum Gasteiger partial charge on any atom is 0 e. The number of halogens is 1. The smallest absolute Gasteiger partial charge is 0 e. The van der Waals surface area contributed by atoms with Gasteiger partial charge < -0.3 is 17.0 Å². The van der Waals surface area contributed by atoms with Gasteiger partial charge in [0, 0.05) is 23.9 Å². The summed E-state index contributed by atoms with van der Waals surface area (Å²) in [6.45, 7) is 13.5. The molecule has 0 aromatic carbocycles. The van der Waals surface area contributed by atoms with Crippen molar-refractivity contribution in [3.05, 3.63) is 0 Å². The van der Waals surface area contributed by atoms with Crippen LogP contribution in [0.15, 0.2) is 0 Å². The van der Waals surface area contributed by atoms with E-state index < -0.39 is 0 Å². The molecule has 0 bridgehead atoms. The van der Waals surface area contributed by atoms with Crippen LogP contribution in [0.1, 0.15) is 157 Å². The molecule has 0 spiro atoms. The first-order chi connectivity index (χ1) is 11.7. The van der Waals surface area contributed by atoms with E-state index >= 15 is 0 Å². The molecule has 0 fully saturated rings. The van der Waals surface area contributed by atoms with E-state index in [0.29, 0.717) is 0 Å². The molecule has 0 heterocycles. The van der Waals surface area contributed by atoms with E-state index in [0.717, 1.165) is 0 Å². The van der Waals surface area contributed by atoms with Crippen LogP contribution in [0.5, 0.6) is 0 Å². The van der Waals surface area contributed by atoms with Gasteiger partial charge in [0.25, 0.3) is 0 Å². The quantitative estimate of drug-likeness (QED) is 0.160. The normalized spacial score (nSPS) is 9.00. The van der Waals surface area contributed by atoms with Crippen molar-refractivity contribution >= 4 is 23.9 Å². The van der Waals surface area contributed by atoms with Crippen molar-refractivity contribution in [2.45, 2.75) is 157 Å². The fraction of sp³-hybridized carbons (Fsp3) is 1.00. The fourth-order valence-electron chi connectivity index (χ4n) is 2.56. The Hall–Kier alpha value is 1.28. The number of hydrogen-bond donors (Lipinski definition) is 0. The van der Waals surface area contributed by atoms with Crippen LogP contribution in [0.2, 0.25) is 0 Å². The van der Waals surface area contributed by atoms with Crippen LogP contribution < -0.4 is 17.0 Å². The van der Waals surface area contributed by atoms with Gasteiger partial charge in [0.2, 0.25) is 0 Å². The van der Waals surface area contributed by atoms with E-state index in [1.807, 2.05) is 0 Å². The SMILES string of the molecule is CCCCCCCC.CCCCCCCC.CCCCCCCC.[Br-].[Sn]. The number of rotatable bonds is 15. The van der Waals surface area contributed by atoms with Crippen molar-refractivity contribution in [1.82, 2.24) is 0 Å². The van der Waals surface area contributed by atoms with Gasteiger partial charge in [0.05, 0.1) is 0 Å². The molecule has 0 aliphatic carbocycles. The summed E-state index contributed by atoms with van der Waals surface area (Å²) in [4.78, 5) is 0. The topological polar surface area (TPSA) is 0 Å². The van der Waals surface area contributed by atoms with Crippen LogP contribution in [0.25, 0.3) is 0 Å². The summed E-state index contributed by atoms with van der Waals surface area (Å²) in [5.74, 6) is 0. The Kier molecular flexibility index (Phi) is 66.0. The Morgan fingerprint density at radius 3 is 0.462 bits per heavy atom. The zero-order valence-electron chi connectivity index (χ0n) is 19.6. The monoisotopic (exact) mass is 541 g/mol. The van der Waals surface area contributed by atoms with Crippen LogP contribution in [-0.2, 0) is 0 Å². The molecule has 0 nitrogen and oxygen atoms in total. The third-order valence-electron chi connectivity index (χ3n) is 4.37. The van der Waals surface area contributed by atoms with Crippen LogP contribution in [-0.4, -0.2) is 23.9 Å². The minimum Gasteiger partial charge on any atom is -1.00 e. The van der Waals surface area contributed by atoms with Gasteiger partial charge >= 0.3 is 0 Å². The summed E-state index contributed by atoms with van der Waals surface area (Å²) >= 11 is 0. The minimum absolute atomic E-state index is 0. The van der Waals surface area contributed by atoms with Crippen molar-refractivity contribution in [3.63, 3.8) is 0 Å². The Labute approximate surface area is 197 Å². The first-order valence-electron chi connectivity index (χ1n) is 11.7. The van der Waals surface area contributed by atoms with E-state index in [2.05, 4.69) is 41.5 Å². The van der Waals surface area contributed by atoms with Crippen LogP contribution in [0.3, 0.4) is 0 Å². The first kappa shape index (κ1) is 38.0. The van der Waals surface area contributed by atoms with Crippen molar-refractivity contribution in [2.75, 3.05) is 0 Å². The summed E-state index contributed by atoms with van der Waals surface area (Å²) < 4.78 is 0. The van der Waals surface area contributed by atoms with Gasteiger partial charge in [-0.25, -0.2) is 0 Å². The van der Waals surface area contributed by atoms with E-state index in [4.69, 9.17) is 0 Å². The van der Waals surface area contributed by atoms with E-state index in [9.17, 15) is 0 Å². The summed E-state index contributed by atoms with van der Waals surface area (Å²) in [5.41, 5.74) is 0. The molecule has 0 saturated heterocycles. The average Bonchev–Trinajstić information content (AvgIpc) is 2.61. The molecule has 0 N–H and O–H groups in total. The van der Waals surface area contributed by atoms with E-state index in [1.54, 1.807) is 0 Å². The molecule has 0 aliphatic rings. The molecule has 162 valence electrons. The van der Waals surface area contributed by atoms with Crippen LogP contribution in [0, 0.1) is 0 Å². The zero-order chi connectivity index (χ0) is 18.7. The zero-order valence-corrected chi connectivity index (χ0v) is 24.0. The molecule has 0 atom stereocenters. The summed E-state index contributed by atoms with van der Waals surface area (Å²) in [6.07, 6.45) is 25.5. The first-order valence-corrected chi connectivity index (χ1v) is 11.7. The molecule has 26 heavy (non-hydrogen) atoms. The third-order valence-corrected chi connectivity index (χ3v) is 4.37. The van der Waals surface area contributed by atoms with E-state index in [1.165, 1.54) is 116 Å². The summed E-state index contributed by atoms with van der Waals surface area (Å²) in [7, 11) is 0. The Bertz CT molecular complexity index is 116. The van der Waals surface area contributed by atoms with Crippen molar-refractivity contribution in [1.29, 1.82) is 0 Å². The third kappa shape index (κ3) is 56.2. The minimum atomic E-state index is 0. The average molecular weight is 541 g/mol. The molecule has 0 unspecified atom stereocenters. The Morgan fingerprint density at radius 1 is 0.269 bits per heavy atom. The maximum atomic E-state index is 2.26. The van der Waals surface area contributed by atoms with Crippen LogP contribution in [0.4, 0.5) is 0 Å². The van der Waals surface area contributed by atoms with Gasteiger partial charge in [-0.2, -0.15) is 0 Å². The molecule has 0 aliphatic heterocycles. The Morgan fingerprint density at radius 2 is 0.385 bits per heavy atom. The second-order valence-corrected chi connectivity index (χ2v) is 7.24. The second kappa shape index (κ2) is 45.2. The van der Waals surface area contributed by atoms with Gasteiger partial charge in [-0.15, -0.1) is 0 Å². The molecule has 0 amide bonds. The molecule has 0 saturated carbocycles. The van der Waals surface area contributed by atoms with Gasteiger partial charge in [0.15, 0.2) is 0 Å².